The van der Waals surface area contributed by atoms with Gasteiger partial charge in [0.15, 0.2) is 11.6 Å². The Morgan fingerprint density at radius 1 is 0.371 bits per heavy atom. The normalized spacial score (nSPS) is 10.0. The molecule has 0 aliphatic carbocycles. The van der Waals surface area contributed by atoms with Crippen LogP contribution in [-0.4, -0.2) is 66.5 Å². The third-order valence-electron chi connectivity index (χ3n) is 7.22. The molecule has 70 heavy (non-hydrogen) atoms. The van der Waals surface area contributed by atoms with Crippen molar-refractivity contribution in [3.05, 3.63) is 192 Å². The van der Waals surface area contributed by atoms with Crippen LogP contribution >= 0.6 is 203 Å². The largest absolute Gasteiger partial charge is 0.478 e. The summed E-state index contributed by atoms with van der Waals surface area (Å²) in [5, 5.41) is 51.3. The van der Waals surface area contributed by atoms with Gasteiger partial charge < -0.3 is 30.6 Å². The Morgan fingerprint density at radius 2 is 0.714 bits per heavy atom. The predicted octanol–water partition coefficient (Wildman–Crippen LogP) is 15.2. The molecule has 0 saturated heterocycles. The molecule has 6 aromatic rings. The molecule has 0 fully saturated rings. The van der Waals surface area contributed by atoms with E-state index in [9.17, 15) is 55.1 Å². The number of halogens is 15. The Labute approximate surface area is 514 Å². The van der Waals surface area contributed by atoms with Gasteiger partial charge in [0.2, 0.25) is 0 Å². The van der Waals surface area contributed by atoms with Crippen molar-refractivity contribution in [3.63, 3.8) is 0 Å². The van der Waals surface area contributed by atoms with E-state index in [0.29, 0.717) is 32.4 Å². The summed E-state index contributed by atoms with van der Waals surface area (Å²) in [7, 11) is 0. The fourth-order valence-electron chi connectivity index (χ4n) is 4.21. The standard InChI is InChI=1S/C8H4F3IO2.C7H3F2IO2.C7H4FIO2.C7H3I3O2.C7H4I2O2.C7H5IO2/c9-8(10,11)5-1-4(7(13)14)2-6(12)3-5;8-4-1-3(7(11)12)2-5(10)6(4)9;8-5-1-4(7(10)11)2-6(9)3-5;8-4-1-3(7(11)12)2-5(9)6(4)10;8-5-1-4(7(10)11)2-6(9)3-5;8-6-3-1-2-5(4-6)7(9)10/h1-3H,(H,13,14);1-2H,(H,11,12);1-3H,(H,10,11);1-2H,(H,11,12);1-3H,(H,10,11);1-4H,(H,9,10). The lowest BCUT2D eigenvalue weighted by molar-refractivity contribution is -0.137. The summed E-state index contributed by atoms with van der Waals surface area (Å²) in [5.74, 6) is -9.04. The number of hydrogen-bond acceptors (Lipinski definition) is 6. The molecule has 6 aromatic carbocycles. The van der Waals surface area contributed by atoms with Gasteiger partial charge >= 0.3 is 42.0 Å². The fourth-order valence-corrected chi connectivity index (χ4v) is 10.7. The maximum absolute atomic E-state index is 12.6. The third-order valence-corrected chi connectivity index (χ3v) is 16.1. The van der Waals surface area contributed by atoms with E-state index in [1.807, 2.05) is 34.7 Å². The molecule has 372 valence electrons. The number of alkyl halides is 3. The van der Waals surface area contributed by atoms with Crippen molar-refractivity contribution in [1.29, 1.82) is 0 Å². The summed E-state index contributed by atoms with van der Waals surface area (Å²) < 4.78 is 81.0. The van der Waals surface area contributed by atoms with Gasteiger partial charge in [-0.2, -0.15) is 13.2 Å². The Bertz CT molecular complexity index is 2690. The number of carbonyl (C=O) groups is 6. The molecule has 27 heteroatoms. The second-order valence-electron chi connectivity index (χ2n) is 12.4. The van der Waals surface area contributed by atoms with Gasteiger partial charge in [-0.1, -0.05) is 6.07 Å². The molecule has 6 rings (SSSR count). The van der Waals surface area contributed by atoms with E-state index in [4.69, 9.17) is 30.6 Å². The first-order valence-corrected chi connectivity index (χ1v) is 27.2. The van der Waals surface area contributed by atoms with Crippen LogP contribution in [0.1, 0.15) is 67.7 Å². The molecule has 0 spiro atoms. The van der Waals surface area contributed by atoms with Gasteiger partial charge in [-0.05, 0) is 300 Å². The number of rotatable bonds is 6. The monoisotopic (exact) mass is 1990 g/mol. The van der Waals surface area contributed by atoms with E-state index in [1.54, 1.807) is 65.1 Å². The minimum absolute atomic E-state index is 0.0191. The quantitative estimate of drug-likeness (QED) is 0.0521. The van der Waals surface area contributed by atoms with Gasteiger partial charge in [0.05, 0.1) is 42.5 Å². The Hall–Kier alpha value is -1.71. The molecule has 0 saturated carbocycles. The van der Waals surface area contributed by atoms with Gasteiger partial charge in [0.1, 0.15) is 5.82 Å². The van der Waals surface area contributed by atoms with Crippen molar-refractivity contribution >= 4 is 239 Å². The zero-order chi connectivity index (χ0) is 54.0. The van der Waals surface area contributed by atoms with Crippen molar-refractivity contribution in [2.75, 3.05) is 0 Å². The molecule has 6 N–H and O–H groups in total. The Kier molecular flexibility index (Phi) is 30.2. The summed E-state index contributed by atoms with van der Waals surface area (Å²) >= 11 is 17.8. The lowest BCUT2D eigenvalue weighted by Crippen LogP contribution is -2.08. The van der Waals surface area contributed by atoms with Crippen molar-refractivity contribution in [3.8, 4) is 0 Å². The summed E-state index contributed by atoms with van der Waals surface area (Å²) in [5.41, 5.74) is -0.531. The average Bonchev–Trinajstić information content (AvgIpc) is 3.24. The van der Waals surface area contributed by atoms with Crippen molar-refractivity contribution < 1.29 is 85.7 Å². The molecule has 0 unspecified atom stereocenters. The molecule has 12 nitrogen and oxygen atoms in total. The molecule has 0 bridgehead atoms. The van der Waals surface area contributed by atoms with Crippen LogP contribution in [0, 0.1) is 49.6 Å². The molecule has 0 aromatic heterocycles. The zero-order valence-electron chi connectivity index (χ0n) is 33.6. The van der Waals surface area contributed by atoms with Gasteiger partial charge in [0.25, 0.3) is 0 Å². The van der Waals surface area contributed by atoms with Crippen LogP contribution in [0.2, 0.25) is 0 Å². The maximum atomic E-state index is 12.6. The van der Waals surface area contributed by atoms with Crippen LogP contribution in [0.25, 0.3) is 0 Å². The Morgan fingerprint density at radius 3 is 1.09 bits per heavy atom. The fraction of sp³-hybridized carbons (Fsp3) is 0.0233. The van der Waals surface area contributed by atoms with E-state index in [0.717, 1.165) is 39.6 Å². The van der Waals surface area contributed by atoms with Crippen LogP contribution in [0.15, 0.2) is 103 Å². The first kappa shape index (κ1) is 66.3. The van der Waals surface area contributed by atoms with Gasteiger partial charge in [0, 0.05) is 28.6 Å². The number of hydrogen-bond donors (Lipinski definition) is 6. The number of benzene rings is 6. The van der Waals surface area contributed by atoms with Crippen LogP contribution in [0.4, 0.5) is 26.3 Å². The van der Waals surface area contributed by atoms with Crippen molar-refractivity contribution in [2.45, 2.75) is 6.18 Å². The van der Waals surface area contributed by atoms with Gasteiger partial charge in [-0.3, -0.25) is 0 Å². The van der Waals surface area contributed by atoms with E-state index in [1.165, 1.54) is 40.8 Å². The maximum Gasteiger partial charge on any atom is 0.416 e. The minimum atomic E-state index is -4.51. The number of aromatic carboxylic acids is 6. The third kappa shape index (κ3) is 25.0. The van der Waals surface area contributed by atoms with Gasteiger partial charge in [-0.25, -0.2) is 41.9 Å². The lowest BCUT2D eigenvalue weighted by atomic mass is 10.1. The second kappa shape index (κ2) is 31.9. The van der Waals surface area contributed by atoms with Crippen LogP contribution < -0.4 is 0 Å². The molecule has 0 heterocycles. The molecule has 0 radical (unpaired) electrons. The van der Waals surface area contributed by atoms with Crippen LogP contribution in [0.5, 0.6) is 0 Å². The summed E-state index contributed by atoms with van der Waals surface area (Å²) in [6.07, 6.45) is -4.51. The molecule has 0 aliphatic heterocycles. The van der Waals surface area contributed by atoms with Crippen LogP contribution in [-0.2, 0) is 6.18 Å². The molecule has 0 atom stereocenters. The first-order chi connectivity index (χ1) is 32.2. The topological polar surface area (TPSA) is 224 Å². The zero-order valence-corrected chi connectivity index (χ0v) is 53.0. The number of carboxylic acids is 6. The first-order valence-electron chi connectivity index (χ1n) is 17.5. The highest BCUT2D eigenvalue weighted by molar-refractivity contribution is 14.1. The van der Waals surface area contributed by atoms with E-state index in [2.05, 4.69) is 136 Å². The van der Waals surface area contributed by atoms with Gasteiger partial charge in [-0.15, -0.1) is 0 Å². The Balaban J connectivity index is 0.000000421. The van der Waals surface area contributed by atoms with E-state index in [-0.39, 0.29) is 23.8 Å². The molecular weight excluding hydrogens is 1960 g/mol. The molecule has 0 aliphatic rings. The average molecular weight is 1990 g/mol. The van der Waals surface area contributed by atoms with Crippen molar-refractivity contribution in [2.24, 2.45) is 0 Å². The van der Waals surface area contributed by atoms with Crippen LogP contribution in [0.3, 0.4) is 0 Å². The predicted molar refractivity (Wildman–Crippen MR) is 320 cm³/mol. The van der Waals surface area contributed by atoms with E-state index >= 15 is 0 Å². The lowest BCUT2D eigenvalue weighted by Gasteiger charge is -2.07. The SMILES string of the molecule is O=C(O)c1cc(F)c(F)c(I)c1.O=C(O)c1cc(F)cc(I)c1.O=C(O)c1cc(I)c(I)c(I)c1.O=C(O)c1cc(I)cc(C(F)(F)F)c1.O=C(O)c1cc(I)cc(I)c1.O=C(O)c1cccc(I)c1. The summed E-state index contributed by atoms with van der Waals surface area (Å²) in [4.78, 5) is 62.6. The summed E-state index contributed by atoms with van der Waals surface area (Å²) in [6.45, 7) is 0. The molecular formula is C43H23F6I9O12. The summed E-state index contributed by atoms with van der Waals surface area (Å²) in [6, 6.07) is 23.4. The smallest absolute Gasteiger partial charge is 0.416 e. The molecule has 0 amide bonds. The second-order valence-corrected chi connectivity index (χ2v) is 23.2. The highest BCUT2D eigenvalue weighted by Gasteiger charge is 2.31. The highest BCUT2D eigenvalue weighted by atomic mass is 127. The van der Waals surface area contributed by atoms with Crippen molar-refractivity contribution in [1.82, 2.24) is 0 Å². The highest BCUT2D eigenvalue weighted by Crippen LogP contribution is 2.31. The number of carboxylic acid groups (broad SMARTS) is 6. The van der Waals surface area contributed by atoms with E-state index < -0.39 is 65.0 Å². The minimum Gasteiger partial charge on any atom is -0.478 e.